The lowest BCUT2D eigenvalue weighted by Crippen LogP contribution is -2.28. The van der Waals surface area contributed by atoms with E-state index < -0.39 is 25.7 Å². The Hall–Kier alpha value is -2.63. The van der Waals surface area contributed by atoms with Gasteiger partial charge < -0.3 is 24.5 Å². The SMILES string of the molecule is O=C(NCC[PH](=O)C(OCc1ccccc1)C(=O)O)OCc1ccccc1. The van der Waals surface area contributed by atoms with E-state index in [0.29, 0.717) is 0 Å². The highest BCUT2D eigenvalue weighted by Gasteiger charge is 2.25. The van der Waals surface area contributed by atoms with Gasteiger partial charge in [0.2, 0.25) is 5.85 Å². The second-order valence-corrected chi connectivity index (χ2v) is 7.68. The van der Waals surface area contributed by atoms with Crippen LogP contribution in [0.1, 0.15) is 11.1 Å². The highest BCUT2D eigenvalue weighted by atomic mass is 31.1. The molecule has 2 atom stereocenters. The number of carbonyl (C=O) groups excluding carboxylic acids is 1. The molecule has 8 heteroatoms. The van der Waals surface area contributed by atoms with Crippen molar-refractivity contribution in [3.8, 4) is 0 Å². The molecule has 0 aromatic heterocycles. The van der Waals surface area contributed by atoms with Crippen molar-refractivity contribution < 1.29 is 28.7 Å². The smallest absolute Gasteiger partial charge is 0.407 e. The predicted octanol–water partition coefficient (Wildman–Crippen LogP) is 3.10. The molecule has 27 heavy (non-hydrogen) atoms. The molecule has 2 N–H and O–H groups in total. The maximum absolute atomic E-state index is 12.3. The first-order chi connectivity index (χ1) is 13.1. The number of hydrogen-bond donors (Lipinski definition) is 2. The van der Waals surface area contributed by atoms with Gasteiger partial charge in [0, 0.05) is 12.7 Å². The lowest BCUT2D eigenvalue weighted by Gasteiger charge is -2.14. The van der Waals surface area contributed by atoms with Crippen molar-refractivity contribution in [1.82, 2.24) is 5.32 Å². The normalized spacial score (nSPS) is 12.7. The second kappa shape index (κ2) is 11.2. The Kier molecular flexibility index (Phi) is 8.55. The van der Waals surface area contributed by atoms with Crippen LogP contribution < -0.4 is 5.32 Å². The van der Waals surface area contributed by atoms with Crippen LogP contribution in [-0.4, -0.2) is 35.7 Å². The highest BCUT2D eigenvalue weighted by molar-refractivity contribution is 7.46. The van der Waals surface area contributed by atoms with Gasteiger partial charge in [0.1, 0.15) is 14.4 Å². The van der Waals surface area contributed by atoms with Gasteiger partial charge in [0.05, 0.1) is 6.61 Å². The maximum atomic E-state index is 12.3. The number of hydrogen-bond acceptors (Lipinski definition) is 5. The van der Waals surface area contributed by atoms with E-state index in [-0.39, 0.29) is 25.9 Å². The van der Waals surface area contributed by atoms with E-state index in [9.17, 15) is 19.3 Å². The summed E-state index contributed by atoms with van der Waals surface area (Å²) in [5.41, 5.74) is 1.64. The fourth-order valence-electron chi connectivity index (χ4n) is 2.25. The molecule has 0 saturated carbocycles. The molecule has 1 amide bonds. The van der Waals surface area contributed by atoms with Gasteiger partial charge in [-0.3, -0.25) is 0 Å². The zero-order valence-corrected chi connectivity index (χ0v) is 15.7. The van der Waals surface area contributed by atoms with Crippen molar-refractivity contribution in [3.63, 3.8) is 0 Å². The molecule has 0 aliphatic carbocycles. The third-order valence-corrected chi connectivity index (χ3v) is 5.37. The van der Waals surface area contributed by atoms with Crippen LogP contribution in [0.4, 0.5) is 4.79 Å². The lowest BCUT2D eigenvalue weighted by atomic mass is 10.2. The first kappa shape index (κ1) is 20.7. The third kappa shape index (κ3) is 7.64. The Balaban J connectivity index is 1.71. The number of rotatable bonds is 10. The Morgan fingerprint density at radius 3 is 2.07 bits per heavy atom. The molecule has 0 saturated heterocycles. The summed E-state index contributed by atoms with van der Waals surface area (Å²) >= 11 is 0. The number of amides is 1. The van der Waals surface area contributed by atoms with E-state index in [1.54, 1.807) is 12.1 Å². The monoisotopic (exact) mass is 391 g/mol. The molecule has 0 aliphatic heterocycles. The maximum Gasteiger partial charge on any atom is 0.407 e. The minimum absolute atomic E-state index is 0.0108. The van der Waals surface area contributed by atoms with E-state index in [0.717, 1.165) is 11.1 Å². The van der Waals surface area contributed by atoms with Crippen molar-refractivity contribution in [3.05, 3.63) is 71.8 Å². The van der Waals surface area contributed by atoms with Crippen LogP contribution in [-0.2, 0) is 32.0 Å². The summed E-state index contributed by atoms with van der Waals surface area (Å²) in [6, 6.07) is 18.2. The molecular weight excluding hydrogens is 369 g/mol. The predicted molar refractivity (Wildman–Crippen MR) is 101 cm³/mol. The summed E-state index contributed by atoms with van der Waals surface area (Å²) in [7, 11) is -2.60. The number of nitrogens with one attached hydrogen (secondary N) is 1. The molecule has 2 rings (SSSR count). The number of carboxylic acid groups (broad SMARTS) is 1. The van der Waals surface area contributed by atoms with Crippen molar-refractivity contribution >= 4 is 19.9 Å². The highest BCUT2D eigenvalue weighted by Crippen LogP contribution is 2.29. The fourth-order valence-corrected chi connectivity index (χ4v) is 3.43. The number of carbonyl (C=O) groups is 2. The van der Waals surface area contributed by atoms with Crippen LogP contribution in [0.5, 0.6) is 0 Å². The number of aliphatic carboxylic acids is 1. The van der Waals surface area contributed by atoms with E-state index in [1.807, 2.05) is 48.5 Å². The zero-order valence-electron chi connectivity index (χ0n) is 14.7. The number of benzene rings is 2. The van der Waals surface area contributed by atoms with Gasteiger partial charge in [0.15, 0.2) is 0 Å². The molecule has 0 heterocycles. The molecular formula is C19H22NO6P. The standard InChI is InChI=1S/C19H22NO6P/c21-17(22)18(25-13-15-7-3-1-4-8-15)27(24)12-11-20-19(23)26-14-16-9-5-2-6-10-16/h1-10,18,27H,11-14H2,(H,20,23)(H,21,22). The molecule has 0 bridgehead atoms. The van der Waals surface area contributed by atoms with E-state index >= 15 is 0 Å². The lowest BCUT2D eigenvalue weighted by molar-refractivity contribution is -0.145. The van der Waals surface area contributed by atoms with Crippen LogP contribution in [0.25, 0.3) is 0 Å². The second-order valence-electron chi connectivity index (χ2n) is 5.72. The summed E-state index contributed by atoms with van der Waals surface area (Å²) in [5, 5.41) is 11.7. The minimum Gasteiger partial charge on any atom is -0.479 e. The molecule has 0 radical (unpaired) electrons. The summed E-state index contributed by atoms with van der Waals surface area (Å²) < 4.78 is 22.6. The average Bonchev–Trinajstić information content (AvgIpc) is 2.68. The Bertz CT molecular complexity index is 753. The van der Waals surface area contributed by atoms with E-state index in [1.165, 1.54) is 0 Å². The summed E-state index contributed by atoms with van der Waals surface area (Å²) in [4.78, 5) is 22.9. The molecule has 2 aromatic carbocycles. The van der Waals surface area contributed by atoms with Gasteiger partial charge in [-0.25, -0.2) is 9.59 Å². The van der Waals surface area contributed by atoms with Gasteiger partial charge in [-0.1, -0.05) is 60.7 Å². The van der Waals surface area contributed by atoms with Crippen LogP contribution in [0, 0.1) is 0 Å². The zero-order chi connectivity index (χ0) is 19.5. The topological polar surface area (TPSA) is 102 Å². The summed E-state index contributed by atoms with van der Waals surface area (Å²) in [6.45, 7) is 0.227. The van der Waals surface area contributed by atoms with Gasteiger partial charge in [-0.05, 0) is 11.1 Å². The van der Waals surface area contributed by atoms with Crippen molar-refractivity contribution in [2.24, 2.45) is 0 Å². The van der Waals surface area contributed by atoms with Crippen LogP contribution in [0.15, 0.2) is 60.7 Å². The van der Waals surface area contributed by atoms with Gasteiger partial charge in [-0.15, -0.1) is 0 Å². The Morgan fingerprint density at radius 2 is 1.52 bits per heavy atom. The van der Waals surface area contributed by atoms with Gasteiger partial charge in [-0.2, -0.15) is 0 Å². The molecule has 2 unspecified atom stereocenters. The van der Waals surface area contributed by atoms with Crippen LogP contribution in [0.2, 0.25) is 0 Å². The number of ether oxygens (including phenoxy) is 2. The molecule has 2 aromatic rings. The minimum atomic E-state index is -2.60. The van der Waals surface area contributed by atoms with E-state index in [2.05, 4.69) is 5.32 Å². The fraction of sp³-hybridized carbons (Fsp3) is 0.263. The molecule has 7 nitrogen and oxygen atoms in total. The summed E-state index contributed by atoms with van der Waals surface area (Å²) in [6.07, 6.45) is -0.637. The van der Waals surface area contributed by atoms with Gasteiger partial charge in [0.25, 0.3) is 0 Å². The Labute approximate surface area is 158 Å². The Morgan fingerprint density at radius 1 is 0.963 bits per heavy atom. The third-order valence-electron chi connectivity index (χ3n) is 3.63. The molecule has 144 valence electrons. The summed E-state index contributed by atoms with van der Waals surface area (Å²) in [5.74, 6) is -2.67. The molecule has 0 fully saturated rings. The van der Waals surface area contributed by atoms with Crippen molar-refractivity contribution in [2.75, 3.05) is 12.7 Å². The number of carboxylic acids is 1. The average molecular weight is 391 g/mol. The van der Waals surface area contributed by atoms with Crippen molar-refractivity contribution in [2.45, 2.75) is 19.1 Å². The first-order valence-corrected chi connectivity index (χ1v) is 10.1. The van der Waals surface area contributed by atoms with E-state index in [4.69, 9.17) is 9.47 Å². The molecule has 0 spiro atoms. The molecule has 0 aliphatic rings. The van der Waals surface area contributed by atoms with Crippen molar-refractivity contribution in [1.29, 1.82) is 0 Å². The van der Waals surface area contributed by atoms with Crippen LogP contribution >= 0.6 is 7.80 Å². The largest absolute Gasteiger partial charge is 0.479 e. The quantitative estimate of drug-likeness (QED) is 0.604. The van der Waals surface area contributed by atoms with Gasteiger partial charge >= 0.3 is 12.1 Å². The van der Waals surface area contributed by atoms with Crippen LogP contribution in [0.3, 0.4) is 0 Å². The first-order valence-electron chi connectivity index (χ1n) is 8.42. The number of alkyl carbamates (subject to hydrolysis) is 1.